The molecular weight excluding hydrogens is 230 g/mol. The molecule has 0 unspecified atom stereocenters. The molecule has 0 amide bonds. The molecule has 0 N–H and O–H groups in total. The summed E-state index contributed by atoms with van der Waals surface area (Å²) in [5.41, 5.74) is 0.339. The lowest BCUT2D eigenvalue weighted by atomic mass is 10.1. The zero-order chi connectivity index (χ0) is 12.8. The Morgan fingerprint density at radius 3 is 2.53 bits per heavy atom. The summed E-state index contributed by atoms with van der Waals surface area (Å²) >= 11 is 0. The van der Waals surface area contributed by atoms with Gasteiger partial charge in [-0.3, -0.25) is 4.79 Å². The third-order valence-corrected chi connectivity index (χ3v) is 2.10. The van der Waals surface area contributed by atoms with Gasteiger partial charge in [-0.15, -0.1) is 0 Å². The van der Waals surface area contributed by atoms with Gasteiger partial charge in [-0.25, -0.2) is 0 Å². The summed E-state index contributed by atoms with van der Waals surface area (Å²) < 4.78 is 33.8. The van der Waals surface area contributed by atoms with Crippen LogP contribution in [0.1, 0.15) is 30.6 Å². The van der Waals surface area contributed by atoms with Crippen LogP contribution in [0.3, 0.4) is 0 Å². The molecular formula is C12H14F2O3. The number of alkyl halides is 2. The second-order valence-corrected chi connectivity index (χ2v) is 3.25. The predicted molar refractivity (Wildman–Crippen MR) is 58.9 cm³/mol. The first-order chi connectivity index (χ1) is 8.08. The van der Waals surface area contributed by atoms with Crippen LogP contribution < -0.4 is 9.47 Å². The van der Waals surface area contributed by atoms with Crippen molar-refractivity contribution in [3.05, 3.63) is 23.8 Å². The smallest absolute Gasteiger partial charge is 0.387 e. The van der Waals surface area contributed by atoms with Crippen molar-refractivity contribution in [2.75, 3.05) is 6.61 Å². The third kappa shape index (κ3) is 3.69. The lowest BCUT2D eigenvalue weighted by Crippen LogP contribution is -2.06. The van der Waals surface area contributed by atoms with E-state index in [1.54, 1.807) is 13.8 Å². The van der Waals surface area contributed by atoms with Gasteiger partial charge in [-0.2, -0.15) is 8.78 Å². The molecule has 0 aliphatic heterocycles. The lowest BCUT2D eigenvalue weighted by Gasteiger charge is -2.12. The highest BCUT2D eigenvalue weighted by molar-refractivity contribution is 5.96. The summed E-state index contributed by atoms with van der Waals surface area (Å²) in [6, 6.07) is 4.28. The van der Waals surface area contributed by atoms with Gasteiger partial charge >= 0.3 is 6.61 Å². The van der Waals surface area contributed by atoms with Crippen LogP contribution in [-0.4, -0.2) is 19.0 Å². The third-order valence-electron chi connectivity index (χ3n) is 2.10. The van der Waals surface area contributed by atoms with Crippen LogP contribution in [0.5, 0.6) is 11.5 Å². The molecule has 0 aliphatic rings. The van der Waals surface area contributed by atoms with E-state index in [1.807, 2.05) is 0 Å². The monoisotopic (exact) mass is 244 g/mol. The Kier molecular flexibility index (Phi) is 4.87. The predicted octanol–water partition coefficient (Wildman–Crippen LogP) is 3.28. The fourth-order valence-electron chi connectivity index (χ4n) is 1.35. The zero-order valence-corrected chi connectivity index (χ0v) is 9.70. The number of carbonyl (C=O) groups is 1. The fourth-order valence-corrected chi connectivity index (χ4v) is 1.35. The number of Topliss-reactive ketones (excluding diaryl/α,β-unsaturated/α-hetero) is 1. The topological polar surface area (TPSA) is 35.5 Å². The second-order valence-electron chi connectivity index (χ2n) is 3.25. The molecule has 0 aliphatic carbocycles. The minimum atomic E-state index is -2.94. The number of rotatable bonds is 6. The van der Waals surface area contributed by atoms with Crippen molar-refractivity contribution in [3.8, 4) is 11.5 Å². The minimum absolute atomic E-state index is 0.110. The normalized spacial score (nSPS) is 10.4. The van der Waals surface area contributed by atoms with Gasteiger partial charge in [0.25, 0.3) is 0 Å². The number of hydrogen-bond donors (Lipinski definition) is 0. The number of benzene rings is 1. The minimum Gasteiger partial charge on any atom is -0.490 e. The molecule has 0 bridgehead atoms. The number of hydrogen-bond acceptors (Lipinski definition) is 3. The summed E-state index contributed by atoms with van der Waals surface area (Å²) in [7, 11) is 0. The zero-order valence-electron chi connectivity index (χ0n) is 9.70. The largest absolute Gasteiger partial charge is 0.490 e. The molecule has 1 aromatic carbocycles. The van der Waals surface area contributed by atoms with Crippen LogP contribution in [0.4, 0.5) is 8.78 Å². The van der Waals surface area contributed by atoms with Gasteiger partial charge in [0.15, 0.2) is 17.3 Å². The average molecular weight is 244 g/mol. The van der Waals surface area contributed by atoms with Gasteiger partial charge in [-0.1, -0.05) is 6.92 Å². The fraction of sp³-hybridized carbons (Fsp3) is 0.417. The van der Waals surface area contributed by atoms with Crippen LogP contribution in [0.15, 0.2) is 18.2 Å². The maximum Gasteiger partial charge on any atom is 0.387 e. The van der Waals surface area contributed by atoms with Gasteiger partial charge in [0, 0.05) is 12.0 Å². The molecule has 0 heterocycles. The molecule has 3 nitrogen and oxygen atoms in total. The molecule has 17 heavy (non-hydrogen) atoms. The van der Waals surface area contributed by atoms with Crippen LogP contribution in [0.2, 0.25) is 0 Å². The lowest BCUT2D eigenvalue weighted by molar-refractivity contribution is -0.0514. The van der Waals surface area contributed by atoms with E-state index in [-0.39, 0.29) is 17.3 Å². The first-order valence-electron chi connectivity index (χ1n) is 5.33. The highest BCUT2D eigenvalue weighted by Crippen LogP contribution is 2.30. The molecule has 94 valence electrons. The highest BCUT2D eigenvalue weighted by atomic mass is 19.3. The first-order valence-corrected chi connectivity index (χ1v) is 5.33. The Bertz CT molecular complexity index is 391. The van der Waals surface area contributed by atoms with Crippen molar-refractivity contribution in [2.45, 2.75) is 26.9 Å². The van der Waals surface area contributed by atoms with Gasteiger partial charge in [-0.05, 0) is 25.1 Å². The highest BCUT2D eigenvalue weighted by Gasteiger charge is 2.13. The maximum atomic E-state index is 12.2. The van der Waals surface area contributed by atoms with Crippen LogP contribution in [0.25, 0.3) is 0 Å². The van der Waals surface area contributed by atoms with Gasteiger partial charge in [0.1, 0.15) is 0 Å². The molecule has 5 heteroatoms. The molecule has 0 aromatic heterocycles. The van der Waals surface area contributed by atoms with Crippen molar-refractivity contribution in [3.63, 3.8) is 0 Å². The quantitative estimate of drug-likeness (QED) is 0.720. The van der Waals surface area contributed by atoms with Crippen molar-refractivity contribution in [1.29, 1.82) is 0 Å². The van der Waals surface area contributed by atoms with Crippen molar-refractivity contribution in [1.82, 2.24) is 0 Å². The van der Waals surface area contributed by atoms with Gasteiger partial charge < -0.3 is 9.47 Å². The van der Waals surface area contributed by atoms with Crippen molar-refractivity contribution >= 4 is 5.78 Å². The van der Waals surface area contributed by atoms with Gasteiger partial charge in [0.05, 0.1) is 6.61 Å². The number of halogens is 2. The standard InChI is InChI=1S/C12H14F2O3/c1-3-9(15)8-5-6-10(16-4-2)11(7-8)17-12(13)14/h5-7,12H,3-4H2,1-2H3. The summed E-state index contributed by atoms with van der Waals surface area (Å²) in [5, 5.41) is 0. The second kappa shape index (κ2) is 6.18. The molecule has 0 spiro atoms. The Hall–Kier alpha value is -1.65. The summed E-state index contributed by atoms with van der Waals surface area (Å²) in [6.45, 7) is 0.825. The van der Waals surface area contributed by atoms with E-state index in [1.165, 1.54) is 18.2 Å². The Balaban J connectivity index is 3.04. The SMILES string of the molecule is CCOc1ccc(C(=O)CC)cc1OC(F)F. The average Bonchev–Trinajstić information content (AvgIpc) is 2.30. The maximum absolute atomic E-state index is 12.2. The Morgan fingerprint density at radius 2 is 2.00 bits per heavy atom. The molecule has 1 rings (SSSR count). The van der Waals surface area contributed by atoms with Crippen LogP contribution >= 0.6 is 0 Å². The van der Waals surface area contributed by atoms with E-state index in [4.69, 9.17) is 4.74 Å². The number of ketones is 1. The van der Waals surface area contributed by atoms with Crippen molar-refractivity contribution in [2.24, 2.45) is 0 Å². The first kappa shape index (κ1) is 13.4. The van der Waals surface area contributed by atoms with E-state index in [0.29, 0.717) is 18.6 Å². The molecule has 0 saturated carbocycles. The molecule has 0 atom stereocenters. The molecule has 1 aromatic rings. The van der Waals surface area contributed by atoms with E-state index in [9.17, 15) is 13.6 Å². The summed E-state index contributed by atoms with van der Waals surface area (Å²) in [4.78, 5) is 11.4. The van der Waals surface area contributed by atoms with Crippen LogP contribution in [0, 0.1) is 0 Å². The van der Waals surface area contributed by atoms with Crippen molar-refractivity contribution < 1.29 is 23.0 Å². The molecule has 0 fully saturated rings. The summed E-state index contributed by atoms with van der Waals surface area (Å²) in [5.74, 6) is -0.0335. The number of ether oxygens (including phenoxy) is 2. The van der Waals surface area contributed by atoms with E-state index in [0.717, 1.165) is 0 Å². The Labute approximate surface area is 98.3 Å². The number of carbonyl (C=O) groups excluding carboxylic acids is 1. The van der Waals surface area contributed by atoms with E-state index >= 15 is 0 Å². The van der Waals surface area contributed by atoms with E-state index in [2.05, 4.69) is 4.74 Å². The molecule has 0 radical (unpaired) electrons. The molecule has 0 saturated heterocycles. The summed E-state index contributed by atoms with van der Waals surface area (Å²) in [6.07, 6.45) is 0.308. The van der Waals surface area contributed by atoms with E-state index < -0.39 is 6.61 Å². The Morgan fingerprint density at radius 1 is 1.29 bits per heavy atom. The van der Waals surface area contributed by atoms with Crippen LogP contribution in [-0.2, 0) is 0 Å². The van der Waals surface area contributed by atoms with Gasteiger partial charge in [0.2, 0.25) is 0 Å².